The lowest BCUT2D eigenvalue weighted by molar-refractivity contribution is -0.136. The summed E-state index contributed by atoms with van der Waals surface area (Å²) in [5, 5.41) is -0.291. The fraction of sp³-hybridized carbons (Fsp3) is 0.846. The van der Waals surface area contributed by atoms with Crippen LogP contribution in [0.4, 0.5) is 0 Å². The zero-order valence-corrected chi connectivity index (χ0v) is 12.4. The van der Waals surface area contributed by atoms with Crippen LogP contribution in [0.2, 0.25) is 24.7 Å². The van der Waals surface area contributed by atoms with Gasteiger partial charge < -0.3 is 0 Å². The second-order valence-corrected chi connectivity index (χ2v) is 12.8. The van der Waals surface area contributed by atoms with Crippen molar-refractivity contribution in [1.29, 1.82) is 0 Å². The SMILES string of the molecule is CC1(C)C(=O)C2C(C)(C)C2([Si](C)(C)C)C1=O. The van der Waals surface area contributed by atoms with Crippen molar-refractivity contribution in [3.63, 3.8) is 0 Å². The van der Waals surface area contributed by atoms with Crippen LogP contribution in [0.15, 0.2) is 0 Å². The molecule has 16 heavy (non-hydrogen) atoms. The molecule has 2 aliphatic carbocycles. The van der Waals surface area contributed by atoms with Crippen molar-refractivity contribution in [2.45, 2.75) is 52.4 Å². The van der Waals surface area contributed by atoms with Crippen LogP contribution in [0.3, 0.4) is 0 Å². The van der Waals surface area contributed by atoms with Crippen molar-refractivity contribution >= 4 is 19.6 Å². The maximum Gasteiger partial charge on any atom is 0.150 e. The minimum absolute atomic E-state index is 0.00540. The summed E-state index contributed by atoms with van der Waals surface area (Å²) < 4.78 is 0. The lowest BCUT2D eigenvalue weighted by Crippen LogP contribution is -2.43. The first-order valence-corrected chi connectivity index (χ1v) is 9.52. The predicted octanol–water partition coefficient (Wildman–Crippen LogP) is 2.90. The van der Waals surface area contributed by atoms with Gasteiger partial charge in [-0.25, -0.2) is 0 Å². The summed E-state index contributed by atoms with van der Waals surface area (Å²) in [6.45, 7) is 14.5. The summed E-state index contributed by atoms with van der Waals surface area (Å²) in [5.41, 5.74) is -0.832. The molecule has 2 unspecified atom stereocenters. The summed E-state index contributed by atoms with van der Waals surface area (Å²) in [6.07, 6.45) is 0. The van der Waals surface area contributed by atoms with Crippen molar-refractivity contribution in [2.75, 3.05) is 0 Å². The summed E-state index contributed by atoms with van der Waals surface area (Å²) in [5.74, 6) is 0.401. The van der Waals surface area contributed by atoms with Crippen molar-refractivity contribution < 1.29 is 9.59 Å². The average Bonchev–Trinajstić information content (AvgIpc) is 2.53. The fourth-order valence-electron chi connectivity index (χ4n) is 4.42. The molecular formula is C13H22O2Si. The minimum Gasteiger partial charge on any atom is -0.298 e. The number of Topliss-reactive ketones (excluding diaryl/α,β-unsaturated/α-hetero) is 2. The van der Waals surface area contributed by atoms with E-state index in [4.69, 9.17) is 0 Å². The van der Waals surface area contributed by atoms with Gasteiger partial charge in [0.05, 0.1) is 13.5 Å². The number of hydrogen-bond acceptors (Lipinski definition) is 2. The monoisotopic (exact) mass is 238 g/mol. The van der Waals surface area contributed by atoms with Crippen LogP contribution in [0.1, 0.15) is 27.7 Å². The van der Waals surface area contributed by atoms with Crippen molar-refractivity contribution in [2.24, 2.45) is 16.7 Å². The summed E-state index contributed by atoms with van der Waals surface area (Å²) in [7, 11) is -1.67. The first-order valence-electron chi connectivity index (χ1n) is 6.02. The molecule has 2 nitrogen and oxygen atoms in total. The Labute approximate surface area is 98.8 Å². The van der Waals surface area contributed by atoms with Gasteiger partial charge in [0.25, 0.3) is 0 Å². The Morgan fingerprint density at radius 1 is 1.00 bits per heavy atom. The first kappa shape index (κ1) is 12.0. The molecular weight excluding hydrogens is 216 g/mol. The normalized spacial score (nSPS) is 39.8. The second-order valence-electron chi connectivity index (χ2n) is 7.53. The molecule has 3 heteroatoms. The molecule has 0 bridgehead atoms. The van der Waals surface area contributed by atoms with Crippen LogP contribution >= 0.6 is 0 Å². The highest BCUT2D eigenvalue weighted by Crippen LogP contribution is 2.85. The van der Waals surface area contributed by atoms with Gasteiger partial charge in [-0.2, -0.15) is 0 Å². The van der Waals surface area contributed by atoms with Crippen molar-refractivity contribution in [1.82, 2.24) is 0 Å². The topological polar surface area (TPSA) is 34.1 Å². The summed E-state index contributed by atoms with van der Waals surface area (Å²) in [4.78, 5) is 25.0. The van der Waals surface area contributed by atoms with E-state index in [0.717, 1.165) is 0 Å². The highest BCUT2D eigenvalue weighted by molar-refractivity contribution is 6.85. The van der Waals surface area contributed by atoms with E-state index in [1.165, 1.54) is 0 Å². The van der Waals surface area contributed by atoms with E-state index in [0.29, 0.717) is 0 Å². The Bertz CT molecular complexity index is 401. The standard InChI is InChI=1S/C13H22O2Si/c1-11(2)9(14)8-12(3,4)13(8,10(11)15)16(5,6)7/h8H,1-7H3. The van der Waals surface area contributed by atoms with Crippen LogP contribution < -0.4 is 0 Å². The van der Waals surface area contributed by atoms with E-state index in [1.807, 2.05) is 13.8 Å². The molecule has 0 aliphatic heterocycles. The van der Waals surface area contributed by atoms with E-state index in [-0.39, 0.29) is 27.9 Å². The van der Waals surface area contributed by atoms with Gasteiger partial charge in [-0.15, -0.1) is 0 Å². The third kappa shape index (κ3) is 0.870. The molecule has 2 rings (SSSR count). The van der Waals surface area contributed by atoms with E-state index in [9.17, 15) is 9.59 Å². The zero-order chi connectivity index (χ0) is 12.7. The lowest BCUT2D eigenvalue weighted by Gasteiger charge is -2.33. The third-order valence-corrected chi connectivity index (χ3v) is 8.60. The molecule has 0 aromatic heterocycles. The van der Waals surface area contributed by atoms with E-state index in [2.05, 4.69) is 33.5 Å². The van der Waals surface area contributed by atoms with Crippen LogP contribution in [-0.4, -0.2) is 19.6 Å². The molecule has 0 radical (unpaired) electrons. The summed E-state index contributed by atoms with van der Waals surface area (Å²) in [6, 6.07) is 0. The van der Waals surface area contributed by atoms with Gasteiger partial charge in [0, 0.05) is 11.0 Å². The first-order chi connectivity index (χ1) is 6.93. The van der Waals surface area contributed by atoms with Crippen LogP contribution in [-0.2, 0) is 9.59 Å². The molecule has 0 saturated heterocycles. The Kier molecular flexibility index (Phi) is 1.90. The quantitative estimate of drug-likeness (QED) is 0.520. The van der Waals surface area contributed by atoms with Gasteiger partial charge in [0.2, 0.25) is 0 Å². The molecule has 0 aromatic carbocycles. The largest absolute Gasteiger partial charge is 0.298 e. The molecule has 0 amide bonds. The van der Waals surface area contributed by atoms with E-state index in [1.54, 1.807) is 0 Å². The number of fused-ring (bicyclic) bond motifs is 1. The molecule has 0 heterocycles. The molecule has 2 aliphatic rings. The van der Waals surface area contributed by atoms with E-state index < -0.39 is 13.5 Å². The molecule has 0 N–H and O–H groups in total. The van der Waals surface area contributed by atoms with Gasteiger partial charge in [-0.05, 0) is 19.3 Å². The Hall–Kier alpha value is -0.443. The lowest BCUT2D eigenvalue weighted by atomic mass is 9.80. The molecule has 0 spiro atoms. The number of rotatable bonds is 1. The maximum atomic E-state index is 12.7. The predicted molar refractivity (Wildman–Crippen MR) is 67.1 cm³/mol. The smallest absolute Gasteiger partial charge is 0.150 e. The molecule has 90 valence electrons. The minimum atomic E-state index is -1.67. The molecule has 2 atom stereocenters. The number of ketones is 2. The number of carbonyl (C=O) groups is 2. The van der Waals surface area contributed by atoms with Crippen LogP contribution in [0.25, 0.3) is 0 Å². The van der Waals surface area contributed by atoms with Gasteiger partial charge in [-0.1, -0.05) is 33.5 Å². The number of hydrogen-bond donors (Lipinski definition) is 0. The molecule has 2 fully saturated rings. The van der Waals surface area contributed by atoms with Gasteiger partial charge in [0.15, 0.2) is 5.78 Å². The van der Waals surface area contributed by atoms with Gasteiger partial charge >= 0.3 is 0 Å². The average molecular weight is 238 g/mol. The van der Waals surface area contributed by atoms with Crippen LogP contribution in [0, 0.1) is 16.7 Å². The fourth-order valence-corrected chi connectivity index (χ4v) is 8.77. The van der Waals surface area contributed by atoms with Crippen molar-refractivity contribution in [3.8, 4) is 0 Å². The maximum absolute atomic E-state index is 12.7. The highest BCUT2D eigenvalue weighted by Gasteiger charge is 2.88. The second kappa shape index (κ2) is 2.52. The Morgan fingerprint density at radius 2 is 1.44 bits per heavy atom. The number of carbonyl (C=O) groups excluding carboxylic acids is 2. The van der Waals surface area contributed by atoms with Crippen LogP contribution in [0.5, 0.6) is 0 Å². The zero-order valence-electron chi connectivity index (χ0n) is 11.4. The Morgan fingerprint density at radius 3 is 1.69 bits per heavy atom. The molecule has 0 aromatic rings. The third-order valence-electron chi connectivity index (χ3n) is 5.07. The van der Waals surface area contributed by atoms with E-state index >= 15 is 0 Å². The molecule has 2 saturated carbocycles. The van der Waals surface area contributed by atoms with Gasteiger partial charge in [-0.3, -0.25) is 9.59 Å². The summed E-state index contributed by atoms with van der Waals surface area (Å²) >= 11 is 0. The Balaban J connectivity index is 2.63. The highest BCUT2D eigenvalue weighted by atomic mass is 28.3. The van der Waals surface area contributed by atoms with Crippen molar-refractivity contribution in [3.05, 3.63) is 0 Å². The van der Waals surface area contributed by atoms with Gasteiger partial charge in [0.1, 0.15) is 5.78 Å².